The Morgan fingerprint density at radius 2 is 1.90 bits per heavy atom. The molecule has 0 radical (unpaired) electrons. The van der Waals surface area contributed by atoms with Gasteiger partial charge >= 0.3 is 0 Å². The first-order valence-corrected chi connectivity index (χ1v) is 11.0. The second kappa shape index (κ2) is 9.83. The number of benzene rings is 2. The van der Waals surface area contributed by atoms with E-state index in [0.717, 1.165) is 34.2 Å². The van der Waals surface area contributed by atoms with E-state index in [9.17, 15) is 14.4 Å². The van der Waals surface area contributed by atoms with Crippen LogP contribution in [0.5, 0.6) is 5.75 Å². The van der Waals surface area contributed by atoms with E-state index in [0.29, 0.717) is 17.0 Å². The maximum atomic E-state index is 12.8. The number of ether oxygens (including phenoxy) is 1. The van der Waals surface area contributed by atoms with Gasteiger partial charge < -0.3 is 10.1 Å². The molecule has 1 saturated heterocycles. The fourth-order valence-electron chi connectivity index (χ4n) is 2.95. The molecule has 2 aromatic carbocycles. The van der Waals surface area contributed by atoms with Crippen molar-refractivity contribution in [2.45, 2.75) is 40.2 Å². The molecule has 31 heavy (non-hydrogen) atoms. The van der Waals surface area contributed by atoms with Crippen LogP contribution >= 0.6 is 11.8 Å². The van der Waals surface area contributed by atoms with Gasteiger partial charge in [-0.05, 0) is 74.4 Å². The zero-order chi connectivity index (χ0) is 22.5. The van der Waals surface area contributed by atoms with E-state index in [1.807, 2.05) is 64.1 Å². The van der Waals surface area contributed by atoms with Gasteiger partial charge in [-0.15, -0.1) is 0 Å². The zero-order valence-electron chi connectivity index (χ0n) is 18.1. The minimum Gasteiger partial charge on any atom is -0.490 e. The number of nitrogens with one attached hydrogen (secondary N) is 1. The van der Waals surface area contributed by atoms with Gasteiger partial charge in [0, 0.05) is 11.3 Å². The SMILES string of the molecule is CC[C@@H](C)Oc1ccccc1/C=C1/SC(=O)N(CC(=O)Nc2ccc(C)c(C)c2)C1=O. The number of carbonyl (C=O) groups excluding carboxylic acids is 3. The molecule has 1 atom stereocenters. The zero-order valence-corrected chi connectivity index (χ0v) is 18.9. The van der Waals surface area contributed by atoms with Crippen molar-refractivity contribution in [1.82, 2.24) is 4.90 Å². The van der Waals surface area contributed by atoms with Crippen molar-refractivity contribution in [3.8, 4) is 5.75 Å². The Morgan fingerprint density at radius 3 is 2.61 bits per heavy atom. The average molecular weight is 439 g/mol. The van der Waals surface area contributed by atoms with Gasteiger partial charge in [0.2, 0.25) is 5.91 Å². The number of imide groups is 1. The van der Waals surface area contributed by atoms with Crippen LogP contribution in [-0.2, 0) is 9.59 Å². The Hall–Kier alpha value is -3.06. The number of anilines is 1. The summed E-state index contributed by atoms with van der Waals surface area (Å²) >= 11 is 0.826. The first-order chi connectivity index (χ1) is 14.8. The lowest BCUT2D eigenvalue weighted by Crippen LogP contribution is -2.36. The third-order valence-electron chi connectivity index (χ3n) is 5.07. The molecule has 1 fully saturated rings. The van der Waals surface area contributed by atoms with Gasteiger partial charge in [0.1, 0.15) is 12.3 Å². The van der Waals surface area contributed by atoms with Crippen molar-refractivity contribution in [2.75, 3.05) is 11.9 Å². The highest BCUT2D eigenvalue weighted by Gasteiger charge is 2.36. The van der Waals surface area contributed by atoms with Crippen molar-refractivity contribution < 1.29 is 19.1 Å². The van der Waals surface area contributed by atoms with Crippen LogP contribution in [0.25, 0.3) is 6.08 Å². The number of hydrogen-bond acceptors (Lipinski definition) is 5. The molecule has 3 rings (SSSR count). The molecule has 0 unspecified atom stereocenters. The monoisotopic (exact) mass is 438 g/mol. The van der Waals surface area contributed by atoms with E-state index in [1.54, 1.807) is 12.1 Å². The average Bonchev–Trinajstić information content (AvgIpc) is 2.99. The molecule has 1 N–H and O–H groups in total. The minimum atomic E-state index is -0.483. The molecule has 162 valence electrons. The van der Waals surface area contributed by atoms with Crippen LogP contribution in [0.2, 0.25) is 0 Å². The number of thioether (sulfide) groups is 1. The Morgan fingerprint density at radius 1 is 1.16 bits per heavy atom. The third kappa shape index (κ3) is 5.55. The summed E-state index contributed by atoms with van der Waals surface area (Å²) in [6.07, 6.45) is 2.52. The van der Waals surface area contributed by atoms with Gasteiger partial charge in [-0.25, -0.2) is 0 Å². The maximum Gasteiger partial charge on any atom is 0.294 e. The summed E-state index contributed by atoms with van der Waals surface area (Å²) in [4.78, 5) is 38.8. The molecule has 1 aliphatic heterocycles. The van der Waals surface area contributed by atoms with Crippen LogP contribution in [-0.4, -0.2) is 34.6 Å². The van der Waals surface area contributed by atoms with Crippen LogP contribution < -0.4 is 10.1 Å². The van der Waals surface area contributed by atoms with Crippen molar-refractivity contribution in [3.63, 3.8) is 0 Å². The lowest BCUT2D eigenvalue weighted by molar-refractivity contribution is -0.127. The molecule has 0 saturated carbocycles. The number of para-hydroxylation sites is 1. The topological polar surface area (TPSA) is 75.7 Å². The first kappa shape index (κ1) is 22.6. The molecular formula is C24H26N2O4S. The van der Waals surface area contributed by atoms with E-state index < -0.39 is 17.1 Å². The molecule has 0 spiro atoms. The highest BCUT2D eigenvalue weighted by molar-refractivity contribution is 8.18. The van der Waals surface area contributed by atoms with Crippen LogP contribution in [0.15, 0.2) is 47.4 Å². The smallest absolute Gasteiger partial charge is 0.294 e. The van der Waals surface area contributed by atoms with Crippen LogP contribution in [0.3, 0.4) is 0 Å². The predicted octanol–water partition coefficient (Wildman–Crippen LogP) is 5.16. The summed E-state index contributed by atoms with van der Waals surface area (Å²) in [5, 5.41) is 2.28. The quantitative estimate of drug-likeness (QED) is 0.605. The Labute approximate surface area is 186 Å². The largest absolute Gasteiger partial charge is 0.490 e. The van der Waals surface area contributed by atoms with E-state index in [-0.39, 0.29) is 17.6 Å². The summed E-state index contributed by atoms with van der Waals surface area (Å²) in [5.74, 6) is -0.257. The molecule has 7 heteroatoms. The van der Waals surface area contributed by atoms with Gasteiger partial charge in [-0.2, -0.15) is 0 Å². The van der Waals surface area contributed by atoms with E-state index >= 15 is 0 Å². The fourth-order valence-corrected chi connectivity index (χ4v) is 3.78. The van der Waals surface area contributed by atoms with Gasteiger partial charge in [-0.3, -0.25) is 19.3 Å². The number of rotatable bonds is 7. The third-order valence-corrected chi connectivity index (χ3v) is 5.98. The summed E-state index contributed by atoms with van der Waals surface area (Å²) in [6, 6.07) is 12.9. The fraction of sp³-hybridized carbons (Fsp3) is 0.292. The molecule has 1 heterocycles. The second-order valence-corrected chi connectivity index (χ2v) is 8.48. The van der Waals surface area contributed by atoms with Gasteiger partial charge in [0.05, 0.1) is 11.0 Å². The molecule has 2 aromatic rings. The van der Waals surface area contributed by atoms with Crippen LogP contribution in [0.4, 0.5) is 10.5 Å². The number of hydrogen-bond donors (Lipinski definition) is 1. The molecule has 6 nitrogen and oxygen atoms in total. The highest BCUT2D eigenvalue weighted by Crippen LogP contribution is 2.34. The van der Waals surface area contributed by atoms with E-state index in [2.05, 4.69) is 5.32 Å². The van der Waals surface area contributed by atoms with Crippen molar-refractivity contribution in [2.24, 2.45) is 0 Å². The van der Waals surface area contributed by atoms with E-state index in [4.69, 9.17) is 4.74 Å². The van der Waals surface area contributed by atoms with Gasteiger partial charge in [0.15, 0.2) is 0 Å². The highest BCUT2D eigenvalue weighted by atomic mass is 32.2. The summed E-state index contributed by atoms with van der Waals surface area (Å²) in [5.41, 5.74) is 3.51. The lowest BCUT2D eigenvalue weighted by atomic mass is 10.1. The van der Waals surface area contributed by atoms with Crippen molar-refractivity contribution in [1.29, 1.82) is 0 Å². The Balaban J connectivity index is 1.72. The normalized spacial score (nSPS) is 16.0. The molecule has 3 amide bonds. The van der Waals surface area contributed by atoms with Crippen LogP contribution in [0.1, 0.15) is 37.0 Å². The summed E-state index contributed by atoms with van der Waals surface area (Å²) in [7, 11) is 0. The summed E-state index contributed by atoms with van der Waals surface area (Å²) < 4.78 is 5.91. The van der Waals surface area contributed by atoms with Crippen molar-refractivity contribution >= 4 is 40.6 Å². The van der Waals surface area contributed by atoms with Crippen LogP contribution in [0, 0.1) is 13.8 Å². The standard InChI is InChI=1S/C24H26N2O4S/c1-5-17(4)30-20-9-7-6-8-18(20)13-21-23(28)26(24(29)31-21)14-22(27)25-19-11-10-15(2)16(3)12-19/h6-13,17H,5,14H2,1-4H3,(H,25,27)/b21-13+/t17-/m1/s1. The predicted molar refractivity (Wildman–Crippen MR) is 124 cm³/mol. The number of nitrogens with zero attached hydrogens (tertiary/aromatic N) is 1. The van der Waals surface area contributed by atoms with E-state index in [1.165, 1.54) is 0 Å². The molecule has 0 aromatic heterocycles. The maximum absolute atomic E-state index is 12.8. The molecule has 0 aliphatic carbocycles. The molecule has 1 aliphatic rings. The lowest BCUT2D eigenvalue weighted by Gasteiger charge is -2.15. The Bertz CT molecular complexity index is 1050. The number of carbonyl (C=O) groups is 3. The number of aryl methyl sites for hydroxylation is 2. The van der Waals surface area contributed by atoms with Crippen molar-refractivity contribution in [3.05, 3.63) is 64.1 Å². The first-order valence-electron chi connectivity index (χ1n) is 10.2. The second-order valence-electron chi connectivity index (χ2n) is 7.49. The Kier molecular flexibility index (Phi) is 7.17. The van der Waals surface area contributed by atoms with Gasteiger partial charge in [-0.1, -0.05) is 31.2 Å². The minimum absolute atomic E-state index is 0.0266. The molecular weight excluding hydrogens is 412 g/mol. The molecule has 0 bridgehead atoms. The number of amides is 3. The summed E-state index contributed by atoms with van der Waals surface area (Å²) in [6.45, 7) is 7.61. The van der Waals surface area contributed by atoms with Gasteiger partial charge in [0.25, 0.3) is 11.1 Å².